The van der Waals surface area contributed by atoms with E-state index >= 15 is 0 Å². The lowest BCUT2D eigenvalue weighted by atomic mass is 9.80. The van der Waals surface area contributed by atoms with Crippen LogP contribution in [0.1, 0.15) is 65.2 Å². The number of carboxylic acids is 1. The van der Waals surface area contributed by atoms with Gasteiger partial charge in [0.2, 0.25) is 5.91 Å². The molecule has 1 aliphatic rings. The van der Waals surface area contributed by atoms with Crippen LogP contribution in [0.4, 0.5) is 0 Å². The summed E-state index contributed by atoms with van der Waals surface area (Å²) in [4.78, 5) is 22.6. The molecule has 0 bridgehead atoms. The molecule has 0 aliphatic heterocycles. The molecular weight excluding hydrogens is 244 g/mol. The number of aliphatic carboxylic acids is 1. The highest BCUT2D eigenvalue weighted by atomic mass is 16.4. The smallest absolute Gasteiger partial charge is 0.303 e. The minimum absolute atomic E-state index is 0.0566. The van der Waals surface area contributed by atoms with Gasteiger partial charge in [-0.3, -0.25) is 9.59 Å². The van der Waals surface area contributed by atoms with E-state index in [2.05, 4.69) is 5.32 Å². The van der Waals surface area contributed by atoms with Crippen LogP contribution >= 0.6 is 0 Å². The van der Waals surface area contributed by atoms with Crippen molar-refractivity contribution in [3.8, 4) is 0 Å². The monoisotopic (exact) mass is 270 g/mol. The fraction of sp³-hybridized carbons (Fsp3) is 0.857. The van der Waals surface area contributed by atoms with Crippen molar-refractivity contribution in [1.29, 1.82) is 0 Å². The number of nitrogens with two attached hydrogens (primary N) is 1. The number of rotatable bonds is 6. The number of carbonyl (C=O) groups excluding carboxylic acids is 1. The zero-order valence-electron chi connectivity index (χ0n) is 12.0. The Balaban J connectivity index is 2.42. The van der Waals surface area contributed by atoms with E-state index in [0.29, 0.717) is 12.8 Å². The molecule has 5 nitrogen and oxygen atoms in total. The molecule has 1 saturated carbocycles. The molecule has 1 fully saturated rings. The Kier molecular flexibility index (Phi) is 5.35. The van der Waals surface area contributed by atoms with Gasteiger partial charge in [0, 0.05) is 23.9 Å². The van der Waals surface area contributed by atoms with E-state index in [4.69, 9.17) is 10.8 Å². The SMILES string of the molecule is CC(C)(CCC(=O)O)NC(=O)CC1(N)CCCCC1. The van der Waals surface area contributed by atoms with Crippen LogP contribution in [0.3, 0.4) is 0 Å². The second-order valence-electron chi connectivity index (χ2n) is 6.43. The number of carbonyl (C=O) groups is 2. The maximum absolute atomic E-state index is 12.0. The normalized spacial score (nSPS) is 18.9. The third-order valence-electron chi connectivity index (χ3n) is 3.80. The van der Waals surface area contributed by atoms with Gasteiger partial charge in [-0.25, -0.2) is 0 Å². The average Bonchev–Trinajstić information content (AvgIpc) is 2.25. The second kappa shape index (κ2) is 6.37. The standard InChI is InChI=1S/C14H26N2O3/c1-13(2,9-6-12(18)19)16-11(17)10-14(15)7-4-3-5-8-14/h3-10,15H2,1-2H3,(H,16,17)(H,18,19). The summed E-state index contributed by atoms with van der Waals surface area (Å²) in [6.07, 6.45) is 5.99. The Hall–Kier alpha value is -1.10. The summed E-state index contributed by atoms with van der Waals surface area (Å²) in [7, 11) is 0. The van der Waals surface area contributed by atoms with Gasteiger partial charge in [-0.1, -0.05) is 19.3 Å². The van der Waals surface area contributed by atoms with E-state index in [1.807, 2.05) is 13.8 Å². The van der Waals surface area contributed by atoms with E-state index in [1.54, 1.807) is 0 Å². The van der Waals surface area contributed by atoms with Crippen LogP contribution in [0.15, 0.2) is 0 Å². The zero-order valence-corrected chi connectivity index (χ0v) is 12.0. The van der Waals surface area contributed by atoms with Gasteiger partial charge in [-0.05, 0) is 33.1 Å². The van der Waals surface area contributed by atoms with Gasteiger partial charge < -0.3 is 16.2 Å². The topological polar surface area (TPSA) is 92.4 Å². The van der Waals surface area contributed by atoms with Crippen molar-refractivity contribution in [3.63, 3.8) is 0 Å². The molecule has 1 rings (SSSR count). The molecular formula is C14H26N2O3. The summed E-state index contributed by atoms with van der Waals surface area (Å²) < 4.78 is 0. The van der Waals surface area contributed by atoms with Gasteiger partial charge in [0.15, 0.2) is 0 Å². The fourth-order valence-electron chi connectivity index (χ4n) is 2.66. The quantitative estimate of drug-likeness (QED) is 0.686. The Bertz CT molecular complexity index is 334. The molecule has 1 aliphatic carbocycles. The second-order valence-corrected chi connectivity index (χ2v) is 6.43. The van der Waals surface area contributed by atoms with E-state index in [1.165, 1.54) is 6.42 Å². The minimum atomic E-state index is -0.843. The van der Waals surface area contributed by atoms with Crippen LogP contribution in [-0.2, 0) is 9.59 Å². The number of hydrogen-bond acceptors (Lipinski definition) is 3. The Labute approximate surface area is 114 Å². The largest absolute Gasteiger partial charge is 0.481 e. The molecule has 0 unspecified atom stereocenters. The maximum Gasteiger partial charge on any atom is 0.303 e. The molecule has 19 heavy (non-hydrogen) atoms. The zero-order chi connectivity index (χ0) is 14.5. The number of carboxylic acid groups (broad SMARTS) is 1. The molecule has 4 N–H and O–H groups in total. The summed E-state index contributed by atoms with van der Waals surface area (Å²) in [5.41, 5.74) is 5.38. The molecule has 0 aromatic rings. The van der Waals surface area contributed by atoms with Crippen molar-refractivity contribution in [2.45, 2.75) is 76.3 Å². The Morgan fingerprint density at radius 1 is 1.26 bits per heavy atom. The van der Waals surface area contributed by atoms with Crippen LogP contribution in [0.2, 0.25) is 0 Å². The first-order valence-electron chi connectivity index (χ1n) is 7.04. The van der Waals surface area contributed by atoms with Gasteiger partial charge in [0.1, 0.15) is 0 Å². The van der Waals surface area contributed by atoms with Crippen molar-refractivity contribution < 1.29 is 14.7 Å². The first-order valence-corrected chi connectivity index (χ1v) is 7.04. The summed E-state index contributed by atoms with van der Waals surface area (Å²) in [5.74, 6) is -0.912. The average molecular weight is 270 g/mol. The first kappa shape index (κ1) is 16.0. The fourth-order valence-corrected chi connectivity index (χ4v) is 2.66. The predicted molar refractivity (Wildman–Crippen MR) is 73.7 cm³/mol. The van der Waals surface area contributed by atoms with Gasteiger partial charge in [0.25, 0.3) is 0 Å². The van der Waals surface area contributed by atoms with Gasteiger partial charge in [0.05, 0.1) is 0 Å². The molecule has 5 heteroatoms. The highest BCUT2D eigenvalue weighted by Crippen LogP contribution is 2.28. The number of hydrogen-bond donors (Lipinski definition) is 3. The van der Waals surface area contributed by atoms with Crippen LogP contribution in [0, 0.1) is 0 Å². The van der Waals surface area contributed by atoms with Gasteiger partial charge in [-0.2, -0.15) is 0 Å². The molecule has 0 radical (unpaired) electrons. The first-order chi connectivity index (χ1) is 8.72. The molecule has 0 atom stereocenters. The highest BCUT2D eigenvalue weighted by molar-refractivity contribution is 5.78. The lowest BCUT2D eigenvalue weighted by Gasteiger charge is -2.34. The van der Waals surface area contributed by atoms with Crippen molar-refractivity contribution in [1.82, 2.24) is 5.32 Å². The number of amides is 1. The summed E-state index contributed by atoms with van der Waals surface area (Å²) in [6.45, 7) is 3.69. The van der Waals surface area contributed by atoms with Gasteiger partial charge >= 0.3 is 5.97 Å². The maximum atomic E-state index is 12.0. The highest BCUT2D eigenvalue weighted by Gasteiger charge is 2.31. The van der Waals surface area contributed by atoms with E-state index < -0.39 is 11.5 Å². The predicted octanol–water partition coefficient (Wildman–Crippen LogP) is 1.80. The Morgan fingerprint density at radius 2 is 1.84 bits per heavy atom. The van der Waals surface area contributed by atoms with E-state index in [9.17, 15) is 9.59 Å². The van der Waals surface area contributed by atoms with Crippen LogP contribution in [-0.4, -0.2) is 28.1 Å². The minimum Gasteiger partial charge on any atom is -0.481 e. The van der Waals surface area contributed by atoms with Crippen LogP contribution in [0.25, 0.3) is 0 Å². The van der Waals surface area contributed by atoms with Crippen LogP contribution < -0.4 is 11.1 Å². The summed E-state index contributed by atoms with van der Waals surface area (Å²) in [5, 5.41) is 11.6. The lowest BCUT2D eigenvalue weighted by Crippen LogP contribution is -2.50. The van der Waals surface area contributed by atoms with Crippen molar-refractivity contribution >= 4 is 11.9 Å². The molecule has 0 spiro atoms. The molecule has 1 amide bonds. The van der Waals surface area contributed by atoms with Crippen molar-refractivity contribution in [2.75, 3.05) is 0 Å². The van der Waals surface area contributed by atoms with Gasteiger partial charge in [-0.15, -0.1) is 0 Å². The number of nitrogens with one attached hydrogen (secondary N) is 1. The third-order valence-corrected chi connectivity index (χ3v) is 3.80. The third kappa shape index (κ3) is 6.05. The van der Waals surface area contributed by atoms with E-state index in [-0.39, 0.29) is 17.9 Å². The lowest BCUT2D eigenvalue weighted by molar-refractivity contribution is -0.138. The molecule has 0 aromatic carbocycles. The molecule has 110 valence electrons. The van der Waals surface area contributed by atoms with Crippen molar-refractivity contribution in [3.05, 3.63) is 0 Å². The molecule has 0 aromatic heterocycles. The molecule has 0 heterocycles. The Morgan fingerprint density at radius 3 is 2.37 bits per heavy atom. The molecule has 0 saturated heterocycles. The summed E-state index contributed by atoms with van der Waals surface area (Å²) in [6, 6.07) is 0. The summed E-state index contributed by atoms with van der Waals surface area (Å²) >= 11 is 0. The van der Waals surface area contributed by atoms with Crippen LogP contribution in [0.5, 0.6) is 0 Å². The van der Waals surface area contributed by atoms with Crippen molar-refractivity contribution in [2.24, 2.45) is 5.73 Å². The van der Waals surface area contributed by atoms with E-state index in [0.717, 1.165) is 25.7 Å².